The predicted octanol–water partition coefficient (Wildman–Crippen LogP) is 5.78. The van der Waals surface area contributed by atoms with Crippen LogP contribution in [0.15, 0.2) is 36.5 Å². The maximum Gasteiger partial charge on any atom is 0.0161 e. The van der Waals surface area contributed by atoms with Gasteiger partial charge in [0.05, 0.1) is 0 Å². The van der Waals surface area contributed by atoms with E-state index in [0.29, 0.717) is 0 Å². The van der Waals surface area contributed by atoms with E-state index in [9.17, 15) is 0 Å². The van der Waals surface area contributed by atoms with Gasteiger partial charge in [0.15, 0.2) is 0 Å². The topological polar surface area (TPSA) is 12.9 Å². The van der Waals surface area contributed by atoms with Crippen LogP contribution in [0.3, 0.4) is 0 Å². The second-order valence-electron chi connectivity index (χ2n) is 8.18. The first kappa shape index (κ1) is 18.1. The molecule has 123 valence electrons. The van der Waals surface area contributed by atoms with Crippen molar-refractivity contribution in [1.82, 2.24) is 4.98 Å². The molecule has 0 aliphatic carbocycles. The molecule has 0 saturated carbocycles. The van der Waals surface area contributed by atoms with Crippen molar-refractivity contribution in [1.29, 1.82) is 0 Å². The number of pyridine rings is 1. The molecule has 2 heteroatoms. The average Bonchev–Trinajstić information content (AvgIpc) is 2.44. The van der Waals surface area contributed by atoms with Crippen LogP contribution in [0.5, 0.6) is 0 Å². The van der Waals surface area contributed by atoms with Gasteiger partial charge in [-0.05, 0) is 27.8 Å². The summed E-state index contributed by atoms with van der Waals surface area (Å²) in [4.78, 5) is 4.64. The van der Waals surface area contributed by atoms with Crippen molar-refractivity contribution < 1.29 is 20.1 Å². The van der Waals surface area contributed by atoms with Crippen LogP contribution in [0.4, 0.5) is 0 Å². The summed E-state index contributed by atoms with van der Waals surface area (Å²) in [5, 5.41) is 3.60. The molecular formula is C21H24IrN-. The van der Waals surface area contributed by atoms with Crippen LogP contribution in [0, 0.1) is 6.07 Å². The maximum absolute atomic E-state index is 4.64. The zero-order valence-electron chi connectivity index (χ0n) is 14.7. The molecule has 0 amide bonds. The first-order valence-electron chi connectivity index (χ1n) is 7.92. The van der Waals surface area contributed by atoms with E-state index in [1.165, 1.54) is 21.9 Å². The molecular weight excluding hydrogens is 458 g/mol. The second kappa shape index (κ2) is 6.00. The summed E-state index contributed by atoms with van der Waals surface area (Å²) in [6, 6.07) is 14.4. The van der Waals surface area contributed by atoms with Crippen molar-refractivity contribution in [3.63, 3.8) is 0 Å². The summed E-state index contributed by atoms with van der Waals surface area (Å²) in [7, 11) is 0. The summed E-state index contributed by atoms with van der Waals surface area (Å²) >= 11 is 0. The maximum atomic E-state index is 4.64. The van der Waals surface area contributed by atoms with E-state index < -0.39 is 0 Å². The number of hydrogen-bond donors (Lipinski definition) is 0. The molecule has 0 fully saturated rings. The summed E-state index contributed by atoms with van der Waals surface area (Å²) in [5.74, 6) is 0. The fourth-order valence-electron chi connectivity index (χ4n) is 2.94. The predicted molar refractivity (Wildman–Crippen MR) is 95.5 cm³/mol. The number of aromatic nitrogens is 1. The van der Waals surface area contributed by atoms with E-state index in [1.54, 1.807) is 0 Å². The van der Waals surface area contributed by atoms with Crippen LogP contribution in [-0.4, -0.2) is 4.98 Å². The Bertz CT molecular complexity index is 851. The standard InChI is InChI=1S/C21H24N.Ir/c1-20(2,3)15-9-10-16-14(12-15)13-18(21(4,5)6)17-8-7-11-22-19(16)17;/h7-9,11-13H,1-6H3;/q-1;. The van der Waals surface area contributed by atoms with Gasteiger partial charge < -0.3 is 4.98 Å². The number of rotatable bonds is 0. The minimum atomic E-state index is 0. The molecule has 1 heterocycles. The van der Waals surface area contributed by atoms with Crippen molar-refractivity contribution in [3.05, 3.63) is 53.7 Å². The molecule has 0 unspecified atom stereocenters. The monoisotopic (exact) mass is 483 g/mol. The Labute approximate surface area is 152 Å². The summed E-state index contributed by atoms with van der Waals surface area (Å²) in [6.45, 7) is 13.5. The minimum absolute atomic E-state index is 0. The number of hydrogen-bond acceptors (Lipinski definition) is 1. The van der Waals surface area contributed by atoms with Gasteiger partial charge in [-0.3, -0.25) is 0 Å². The second-order valence-corrected chi connectivity index (χ2v) is 8.18. The molecule has 0 aliphatic rings. The Morgan fingerprint density at radius 1 is 0.957 bits per heavy atom. The molecule has 3 rings (SSSR count). The molecule has 0 atom stereocenters. The fourth-order valence-corrected chi connectivity index (χ4v) is 2.94. The Hall–Kier alpha value is -1.24. The van der Waals surface area contributed by atoms with E-state index >= 15 is 0 Å². The molecule has 0 N–H and O–H groups in total. The molecule has 1 nitrogen and oxygen atoms in total. The van der Waals surface area contributed by atoms with Crippen LogP contribution in [0.2, 0.25) is 0 Å². The van der Waals surface area contributed by atoms with Crippen molar-refractivity contribution in [2.45, 2.75) is 52.4 Å². The molecule has 0 spiro atoms. The van der Waals surface area contributed by atoms with Gasteiger partial charge in [0, 0.05) is 26.3 Å². The molecule has 1 radical (unpaired) electrons. The van der Waals surface area contributed by atoms with Gasteiger partial charge in [-0.2, -0.15) is 0 Å². The van der Waals surface area contributed by atoms with Gasteiger partial charge in [-0.25, -0.2) is 0 Å². The van der Waals surface area contributed by atoms with Crippen LogP contribution < -0.4 is 0 Å². The van der Waals surface area contributed by atoms with E-state index in [2.05, 4.69) is 76.9 Å². The Morgan fingerprint density at radius 2 is 1.65 bits per heavy atom. The molecule has 2 aromatic carbocycles. The Balaban J connectivity index is 0.00000192. The zero-order valence-corrected chi connectivity index (χ0v) is 17.1. The van der Waals surface area contributed by atoms with Crippen molar-refractivity contribution in [2.75, 3.05) is 0 Å². The number of nitrogens with zero attached hydrogens (tertiary/aromatic N) is 1. The van der Waals surface area contributed by atoms with Gasteiger partial charge in [0.25, 0.3) is 0 Å². The molecule has 0 saturated heterocycles. The fraction of sp³-hybridized carbons (Fsp3) is 0.381. The first-order valence-corrected chi connectivity index (χ1v) is 7.92. The molecule has 0 aliphatic heterocycles. The van der Waals surface area contributed by atoms with Gasteiger partial charge in [-0.15, -0.1) is 34.5 Å². The minimum Gasteiger partial charge on any atom is -0.304 e. The van der Waals surface area contributed by atoms with Gasteiger partial charge >= 0.3 is 0 Å². The first-order chi connectivity index (χ1) is 10.2. The van der Waals surface area contributed by atoms with E-state index in [1.807, 2.05) is 12.3 Å². The van der Waals surface area contributed by atoms with E-state index in [-0.39, 0.29) is 30.9 Å². The summed E-state index contributed by atoms with van der Waals surface area (Å²) in [6.07, 6.45) is 1.87. The average molecular weight is 483 g/mol. The third-order valence-corrected chi connectivity index (χ3v) is 4.28. The van der Waals surface area contributed by atoms with Crippen LogP contribution in [0.25, 0.3) is 21.7 Å². The summed E-state index contributed by atoms with van der Waals surface area (Å²) < 4.78 is 0. The van der Waals surface area contributed by atoms with Crippen molar-refractivity contribution in [3.8, 4) is 0 Å². The Morgan fingerprint density at radius 3 is 2.26 bits per heavy atom. The van der Waals surface area contributed by atoms with Gasteiger partial charge in [0.1, 0.15) is 0 Å². The van der Waals surface area contributed by atoms with Crippen molar-refractivity contribution >= 4 is 21.7 Å². The third-order valence-electron chi connectivity index (χ3n) is 4.28. The zero-order chi connectivity index (χ0) is 16.1. The van der Waals surface area contributed by atoms with Crippen LogP contribution >= 0.6 is 0 Å². The van der Waals surface area contributed by atoms with Gasteiger partial charge in [-0.1, -0.05) is 59.2 Å². The van der Waals surface area contributed by atoms with Crippen molar-refractivity contribution in [2.24, 2.45) is 0 Å². The normalized spacial score (nSPS) is 12.4. The number of benzene rings is 2. The third kappa shape index (κ3) is 3.34. The number of fused-ring (bicyclic) bond motifs is 3. The molecule has 3 aromatic rings. The summed E-state index contributed by atoms with van der Waals surface area (Å²) in [5.41, 5.74) is 3.95. The SMILES string of the molecule is CC(C)(C)c1c[c-]c2c(c1)cc(C(C)(C)C)c1cccnc12.[Ir]. The smallest absolute Gasteiger partial charge is 0.0161 e. The quantitative estimate of drug-likeness (QED) is 0.292. The molecule has 23 heavy (non-hydrogen) atoms. The van der Waals surface area contributed by atoms with E-state index in [4.69, 9.17) is 0 Å². The Kier molecular flexibility index (Phi) is 4.72. The van der Waals surface area contributed by atoms with Gasteiger partial charge in [0.2, 0.25) is 0 Å². The largest absolute Gasteiger partial charge is 0.304 e. The molecule has 1 aromatic heterocycles. The van der Waals surface area contributed by atoms with Crippen LogP contribution in [0.1, 0.15) is 52.7 Å². The van der Waals surface area contributed by atoms with E-state index in [0.717, 1.165) is 10.9 Å². The van der Waals surface area contributed by atoms with Crippen LogP contribution in [-0.2, 0) is 30.9 Å². The molecule has 0 bridgehead atoms.